The average Bonchev–Trinajstić information content (AvgIpc) is 2.25. The number of amides is 1. The third-order valence-electron chi connectivity index (χ3n) is 2.43. The van der Waals surface area contributed by atoms with E-state index in [2.05, 4.69) is 5.43 Å². The van der Waals surface area contributed by atoms with Gasteiger partial charge in [-0.15, -0.1) is 0 Å². The number of nitrogens with one attached hydrogen (secondary N) is 1. The van der Waals surface area contributed by atoms with E-state index in [1.54, 1.807) is 5.01 Å². The third kappa shape index (κ3) is 2.70. The van der Waals surface area contributed by atoms with E-state index in [0.29, 0.717) is 13.0 Å². The third-order valence-corrected chi connectivity index (χ3v) is 2.68. The van der Waals surface area contributed by atoms with Gasteiger partial charge in [0.25, 0.3) is 0 Å². The maximum atomic E-state index is 11.5. The number of nitrogens with zero attached hydrogens (tertiary/aromatic N) is 1. The van der Waals surface area contributed by atoms with Gasteiger partial charge >= 0.3 is 0 Å². The van der Waals surface area contributed by atoms with Crippen LogP contribution in [0.25, 0.3) is 0 Å². The minimum atomic E-state index is 0.163. The molecule has 0 unspecified atom stereocenters. The zero-order valence-electron chi connectivity index (χ0n) is 8.37. The molecule has 80 valence electrons. The molecule has 1 aromatic carbocycles. The first kappa shape index (κ1) is 10.5. The van der Waals surface area contributed by atoms with Gasteiger partial charge in [0.2, 0.25) is 5.91 Å². The zero-order valence-corrected chi connectivity index (χ0v) is 9.13. The van der Waals surface area contributed by atoms with Crippen LogP contribution in [0.3, 0.4) is 0 Å². The summed E-state index contributed by atoms with van der Waals surface area (Å²) in [6, 6.07) is 7.55. The summed E-state index contributed by atoms with van der Waals surface area (Å²) in [7, 11) is 0. The molecule has 0 aliphatic carbocycles. The van der Waals surface area contributed by atoms with Crippen LogP contribution in [0.15, 0.2) is 24.3 Å². The molecule has 1 N–H and O–H groups in total. The molecule has 1 amide bonds. The van der Waals surface area contributed by atoms with Gasteiger partial charge in [0, 0.05) is 18.0 Å². The van der Waals surface area contributed by atoms with Gasteiger partial charge < -0.3 is 0 Å². The summed E-state index contributed by atoms with van der Waals surface area (Å²) in [5, 5.41) is 2.39. The molecule has 0 atom stereocenters. The summed E-state index contributed by atoms with van der Waals surface area (Å²) in [5.74, 6) is 0.163. The monoisotopic (exact) mass is 224 g/mol. The first-order valence-corrected chi connectivity index (χ1v) is 5.42. The summed E-state index contributed by atoms with van der Waals surface area (Å²) in [6.45, 7) is 1.48. The van der Waals surface area contributed by atoms with E-state index in [9.17, 15) is 4.79 Å². The summed E-state index contributed by atoms with van der Waals surface area (Å²) in [4.78, 5) is 11.5. The molecule has 0 radical (unpaired) electrons. The summed E-state index contributed by atoms with van der Waals surface area (Å²) in [6.07, 6.45) is 1.57. The second-order valence-corrected chi connectivity index (χ2v) is 4.05. The van der Waals surface area contributed by atoms with E-state index in [1.807, 2.05) is 24.3 Å². The van der Waals surface area contributed by atoms with Crippen LogP contribution in [-0.4, -0.2) is 17.5 Å². The topological polar surface area (TPSA) is 32.3 Å². The molecule has 1 heterocycles. The Morgan fingerprint density at radius 2 is 2.07 bits per heavy atom. The van der Waals surface area contributed by atoms with Gasteiger partial charge in [0.1, 0.15) is 0 Å². The maximum absolute atomic E-state index is 11.5. The molecule has 2 rings (SSSR count). The number of carbonyl (C=O) groups excluding carboxylic acids is 1. The Balaban J connectivity index is 2.01. The van der Waals surface area contributed by atoms with E-state index in [0.717, 1.165) is 23.6 Å². The van der Waals surface area contributed by atoms with Crippen molar-refractivity contribution in [1.82, 2.24) is 10.4 Å². The van der Waals surface area contributed by atoms with Crippen molar-refractivity contribution >= 4 is 17.5 Å². The van der Waals surface area contributed by atoms with E-state index in [-0.39, 0.29) is 5.91 Å². The predicted molar refractivity (Wildman–Crippen MR) is 59.2 cm³/mol. The van der Waals surface area contributed by atoms with Crippen molar-refractivity contribution in [1.29, 1.82) is 0 Å². The van der Waals surface area contributed by atoms with Gasteiger partial charge in [-0.2, -0.15) is 0 Å². The second kappa shape index (κ2) is 4.64. The first-order chi connectivity index (χ1) is 7.25. The van der Waals surface area contributed by atoms with Crippen molar-refractivity contribution < 1.29 is 4.79 Å². The number of benzene rings is 1. The summed E-state index contributed by atoms with van der Waals surface area (Å²) >= 11 is 5.79. The van der Waals surface area contributed by atoms with Gasteiger partial charge in [-0.05, 0) is 24.1 Å². The van der Waals surface area contributed by atoms with E-state index in [1.165, 1.54) is 0 Å². The van der Waals surface area contributed by atoms with Crippen molar-refractivity contribution in [3.63, 3.8) is 0 Å². The van der Waals surface area contributed by atoms with Crippen LogP contribution in [-0.2, 0) is 11.3 Å². The maximum Gasteiger partial charge on any atom is 0.237 e. The first-order valence-electron chi connectivity index (χ1n) is 5.04. The minimum absolute atomic E-state index is 0.163. The van der Waals surface area contributed by atoms with Crippen LogP contribution in [0.4, 0.5) is 0 Å². The molecule has 0 bridgehead atoms. The Bertz CT molecular complexity index is 350. The highest BCUT2D eigenvalue weighted by atomic mass is 35.5. The average molecular weight is 225 g/mol. The Hall–Kier alpha value is -1.06. The van der Waals surface area contributed by atoms with E-state index in [4.69, 9.17) is 11.6 Å². The lowest BCUT2D eigenvalue weighted by Crippen LogP contribution is -2.46. The molecule has 1 aliphatic heterocycles. The molecule has 1 fully saturated rings. The minimum Gasteiger partial charge on any atom is -0.274 e. The fourth-order valence-corrected chi connectivity index (χ4v) is 1.72. The predicted octanol–water partition coefficient (Wildman–Crippen LogP) is 1.97. The van der Waals surface area contributed by atoms with Crippen LogP contribution < -0.4 is 5.43 Å². The molecule has 4 heteroatoms. The molecular weight excluding hydrogens is 212 g/mol. The second-order valence-electron chi connectivity index (χ2n) is 3.62. The van der Waals surface area contributed by atoms with Crippen LogP contribution >= 0.6 is 11.6 Å². The lowest BCUT2D eigenvalue weighted by Gasteiger charge is -2.27. The molecule has 15 heavy (non-hydrogen) atoms. The highest BCUT2D eigenvalue weighted by molar-refractivity contribution is 6.30. The molecule has 3 nitrogen and oxygen atoms in total. The quantitative estimate of drug-likeness (QED) is 0.833. The van der Waals surface area contributed by atoms with Gasteiger partial charge in [-0.3, -0.25) is 9.80 Å². The Kier molecular flexibility index (Phi) is 3.23. The number of hydrazine groups is 1. The smallest absolute Gasteiger partial charge is 0.237 e. The van der Waals surface area contributed by atoms with Gasteiger partial charge in [0.05, 0.1) is 6.54 Å². The Morgan fingerprint density at radius 3 is 2.73 bits per heavy atom. The Labute approximate surface area is 94.0 Å². The standard InChI is InChI=1S/C11H13ClN2O/c12-10-5-3-9(4-6-10)8-14-11(15)2-1-7-13-14/h3-6,13H,1-2,7-8H2. The normalized spacial score (nSPS) is 16.9. The van der Waals surface area contributed by atoms with Gasteiger partial charge in [0.15, 0.2) is 0 Å². The molecule has 1 aliphatic rings. The number of halogens is 1. The van der Waals surface area contributed by atoms with Crippen molar-refractivity contribution in [2.75, 3.05) is 6.54 Å². The van der Waals surface area contributed by atoms with Gasteiger partial charge in [-0.1, -0.05) is 23.7 Å². The lowest BCUT2D eigenvalue weighted by molar-refractivity contribution is -0.137. The largest absolute Gasteiger partial charge is 0.274 e. The van der Waals surface area contributed by atoms with Crippen molar-refractivity contribution in [3.05, 3.63) is 34.9 Å². The number of hydrogen-bond acceptors (Lipinski definition) is 2. The van der Waals surface area contributed by atoms with Crippen LogP contribution in [0, 0.1) is 0 Å². The number of hydrogen-bond donors (Lipinski definition) is 1. The lowest BCUT2D eigenvalue weighted by atomic mass is 10.2. The molecule has 0 saturated carbocycles. The Morgan fingerprint density at radius 1 is 1.33 bits per heavy atom. The summed E-state index contributed by atoms with van der Waals surface area (Å²) < 4.78 is 0. The fraction of sp³-hybridized carbons (Fsp3) is 0.364. The SMILES string of the molecule is O=C1CCCNN1Cc1ccc(Cl)cc1. The highest BCUT2D eigenvalue weighted by Gasteiger charge is 2.17. The van der Waals surface area contributed by atoms with Crippen LogP contribution in [0.2, 0.25) is 5.02 Å². The van der Waals surface area contributed by atoms with Crippen LogP contribution in [0.5, 0.6) is 0 Å². The molecule has 1 saturated heterocycles. The number of rotatable bonds is 2. The number of carbonyl (C=O) groups is 1. The van der Waals surface area contributed by atoms with Crippen molar-refractivity contribution in [2.45, 2.75) is 19.4 Å². The van der Waals surface area contributed by atoms with E-state index < -0.39 is 0 Å². The summed E-state index contributed by atoms with van der Waals surface area (Å²) in [5.41, 5.74) is 4.17. The van der Waals surface area contributed by atoms with Crippen molar-refractivity contribution in [3.8, 4) is 0 Å². The van der Waals surface area contributed by atoms with Gasteiger partial charge in [-0.25, -0.2) is 5.43 Å². The molecule has 1 aromatic rings. The van der Waals surface area contributed by atoms with E-state index >= 15 is 0 Å². The molecule has 0 spiro atoms. The highest BCUT2D eigenvalue weighted by Crippen LogP contribution is 2.12. The van der Waals surface area contributed by atoms with Crippen molar-refractivity contribution in [2.24, 2.45) is 0 Å². The van der Waals surface area contributed by atoms with Crippen LogP contribution in [0.1, 0.15) is 18.4 Å². The zero-order chi connectivity index (χ0) is 10.7. The fourth-order valence-electron chi connectivity index (χ4n) is 1.59. The molecular formula is C11H13ClN2O. The molecule has 0 aromatic heterocycles.